The second-order valence-corrected chi connectivity index (χ2v) is 6.19. The molecule has 122 valence electrons. The summed E-state index contributed by atoms with van der Waals surface area (Å²) in [6, 6.07) is -0.521. The molecule has 1 heterocycles. The van der Waals surface area contributed by atoms with Crippen molar-refractivity contribution in [3.8, 4) is 0 Å². The Morgan fingerprint density at radius 3 is 2.19 bits per heavy atom. The first-order valence-electron chi connectivity index (χ1n) is 8.07. The minimum atomic E-state index is -0.761. The second-order valence-electron chi connectivity index (χ2n) is 6.19. The molecule has 0 aromatic carbocycles. The molecule has 0 saturated carbocycles. The van der Waals surface area contributed by atoms with Crippen molar-refractivity contribution in [2.24, 2.45) is 5.92 Å². The Hall–Kier alpha value is -1.10. The molecule has 1 aliphatic rings. The number of carbonyl (C=O) groups excluding carboxylic acids is 2. The maximum absolute atomic E-state index is 13.0. The summed E-state index contributed by atoms with van der Waals surface area (Å²) in [4.78, 5) is 27.3. The molecule has 1 N–H and O–H groups in total. The summed E-state index contributed by atoms with van der Waals surface area (Å²) in [5.74, 6) is 0.0550. The molecule has 0 aliphatic carbocycles. The fourth-order valence-electron chi connectivity index (χ4n) is 3.06. The van der Waals surface area contributed by atoms with Crippen LogP contribution in [0.3, 0.4) is 0 Å². The van der Waals surface area contributed by atoms with Gasteiger partial charge in [-0.2, -0.15) is 0 Å². The Labute approximate surface area is 128 Å². The van der Waals surface area contributed by atoms with Gasteiger partial charge < -0.3 is 15.0 Å². The van der Waals surface area contributed by atoms with Crippen molar-refractivity contribution in [2.75, 3.05) is 13.2 Å². The lowest BCUT2D eigenvalue weighted by Gasteiger charge is -2.49. The molecule has 1 fully saturated rings. The van der Waals surface area contributed by atoms with Crippen LogP contribution in [0, 0.1) is 5.92 Å². The zero-order valence-corrected chi connectivity index (χ0v) is 14.2. The smallest absolute Gasteiger partial charge is 0.249 e. The van der Waals surface area contributed by atoms with Crippen LogP contribution in [0.5, 0.6) is 0 Å². The summed E-state index contributed by atoms with van der Waals surface area (Å²) in [5.41, 5.74) is -0.761. The molecule has 0 aromatic heterocycles. The number of rotatable bonds is 7. The molecule has 0 radical (unpaired) electrons. The molecule has 1 saturated heterocycles. The van der Waals surface area contributed by atoms with Crippen LogP contribution in [0.15, 0.2) is 0 Å². The minimum Gasteiger partial charge on any atom is -0.380 e. The lowest BCUT2D eigenvalue weighted by Crippen LogP contribution is -2.72. The summed E-state index contributed by atoms with van der Waals surface area (Å²) in [6.07, 6.45) is 1.22. The molecule has 1 rings (SSSR count). The van der Waals surface area contributed by atoms with E-state index in [9.17, 15) is 9.59 Å². The lowest BCUT2D eigenvalue weighted by atomic mass is 9.84. The van der Waals surface area contributed by atoms with Crippen LogP contribution in [0.4, 0.5) is 0 Å². The highest BCUT2D eigenvalue weighted by atomic mass is 16.5. The molecule has 5 nitrogen and oxygen atoms in total. The summed E-state index contributed by atoms with van der Waals surface area (Å²) >= 11 is 0. The van der Waals surface area contributed by atoms with Gasteiger partial charge >= 0.3 is 0 Å². The van der Waals surface area contributed by atoms with Crippen LogP contribution in [0.25, 0.3) is 0 Å². The van der Waals surface area contributed by atoms with Crippen molar-refractivity contribution in [1.29, 1.82) is 0 Å². The van der Waals surface area contributed by atoms with Crippen molar-refractivity contribution >= 4 is 11.8 Å². The van der Waals surface area contributed by atoms with Gasteiger partial charge in [-0.1, -0.05) is 27.7 Å². The number of hydrogen-bond donors (Lipinski definition) is 1. The Bertz CT molecular complexity index is 378. The fraction of sp³-hybridized carbons (Fsp3) is 0.875. The molecule has 5 heteroatoms. The first-order chi connectivity index (χ1) is 9.84. The average Bonchev–Trinajstić information content (AvgIpc) is 2.45. The van der Waals surface area contributed by atoms with E-state index in [1.807, 2.05) is 41.5 Å². The molecule has 0 spiro atoms. The van der Waals surface area contributed by atoms with Gasteiger partial charge in [0.2, 0.25) is 11.8 Å². The van der Waals surface area contributed by atoms with E-state index < -0.39 is 11.6 Å². The maximum Gasteiger partial charge on any atom is 0.249 e. The Morgan fingerprint density at radius 2 is 1.76 bits per heavy atom. The molecule has 1 aliphatic heterocycles. The van der Waals surface area contributed by atoms with Crippen molar-refractivity contribution in [3.63, 3.8) is 0 Å². The molecular formula is C16H30N2O3. The van der Waals surface area contributed by atoms with E-state index in [-0.39, 0.29) is 23.8 Å². The summed E-state index contributed by atoms with van der Waals surface area (Å²) < 4.78 is 5.47. The number of ether oxygens (including phenoxy) is 1. The molecule has 2 unspecified atom stereocenters. The van der Waals surface area contributed by atoms with Crippen LogP contribution >= 0.6 is 0 Å². The number of hydrogen-bond acceptors (Lipinski definition) is 3. The van der Waals surface area contributed by atoms with Crippen LogP contribution in [-0.4, -0.2) is 47.6 Å². The minimum absolute atomic E-state index is 0.0259. The van der Waals surface area contributed by atoms with Crippen molar-refractivity contribution in [2.45, 2.75) is 72.0 Å². The Balaban J connectivity index is 3.14. The first-order valence-corrected chi connectivity index (χ1v) is 8.07. The van der Waals surface area contributed by atoms with Gasteiger partial charge in [-0.3, -0.25) is 9.59 Å². The first kappa shape index (κ1) is 18.0. The zero-order chi connectivity index (χ0) is 16.2. The quantitative estimate of drug-likeness (QED) is 0.781. The number of carbonyl (C=O) groups is 2. The van der Waals surface area contributed by atoms with Crippen LogP contribution in [0.1, 0.15) is 54.4 Å². The van der Waals surface area contributed by atoms with E-state index in [1.54, 1.807) is 4.90 Å². The highest BCUT2D eigenvalue weighted by Crippen LogP contribution is 2.29. The highest BCUT2D eigenvalue weighted by Gasteiger charge is 2.50. The van der Waals surface area contributed by atoms with Crippen LogP contribution in [-0.2, 0) is 14.3 Å². The summed E-state index contributed by atoms with van der Waals surface area (Å²) in [5, 5.41) is 2.98. The third kappa shape index (κ3) is 3.39. The lowest BCUT2D eigenvalue weighted by molar-refractivity contribution is -0.161. The number of amides is 2. The van der Waals surface area contributed by atoms with E-state index in [0.717, 1.165) is 0 Å². The summed E-state index contributed by atoms with van der Waals surface area (Å²) in [7, 11) is 0. The van der Waals surface area contributed by atoms with E-state index in [4.69, 9.17) is 4.74 Å². The largest absolute Gasteiger partial charge is 0.380 e. The van der Waals surface area contributed by atoms with Gasteiger partial charge in [0.15, 0.2) is 0 Å². The van der Waals surface area contributed by atoms with Gasteiger partial charge in [0.1, 0.15) is 11.6 Å². The third-order valence-corrected chi connectivity index (χ3v) is 4.45. The summed E-state index contributed by atoms with van der Waals surface area (Å²) in [6.45, 7) is 12.8. The normalized spacial score (nSPS) is 23.4. The molecule has 0 aromatic rings. The van der Waals surface area contributed by atoms with Gasteiger partial charge in [0.05, 0.1) is 12.6 Å². The van der Waals surface area contributed by atoms with Gasteiger partial charge in [0, 0.05) is 6.61 Å². The number of nitrogens with zero attached hydrogens (tertiary/aromatic N) is 1. The van der Waals surface area contributed by atoms with E-state index in [1.165, 1.54) is 0 Å². The molecule has 21 heavy (non-hydrogen) atoms. The molecule has 2 amide bonds. The number of nitrogens with one attached hydrogen (secondary N) is 1. The fourth-order valence-corrected chi connectivity index (χ4v) is 3.06. The number of piperazine rings is 1. The van der Waals surface area contributed by atoms with Crippen molar-refractivity contribution in [1.82, 2.24) is 10.2 Å². The van der Waals surface area contributed by atoms with Crippen LogP contribution in [0.2, 0.25) is 0 Å². The van der Waals surface area contributed by atoms with Crippen molar-refractivity contribution < 1.29 is 14.3 Å². The second kappa shape index (κ2) is 7.25. The monoisotopic (exact) mass is 298 g/mol. The van der Waals surface area contributed by atoms with Gasteiger partial charge in [-0.05, 0) is 32.6 Å². The third-order valence-electron chi connectivity index (χ3n) is 4.45. The van der Waals surface area contributed by atoms with Crippen LogP contribution < -0.4 is 5.32 Å². The Kier molecular flexibility index (Phi) is 6.20. The van der Waals surface area contributed by atoms with Gasteiger partial charge in [-0.15, -0.1) is 0 Å². The predicted octanol–water partition coefficient (Wildman–Crippen LogP) is 1.95. The zero-order valence-electron chi connectivity index (χ0n) is 14.2. The highest BCUT2D eigenvalue weighted by molar-refractivity contribution is 6.00. The standard InChI is InChI=1S/C16H30N2O3/c1-7-16(8-2)15(20)18(12(6)10-21-9-3)13(11(4)5)14(19)17-16/h11-13H,7-10H2,1-6H3,(H,17,19). The van der Waals surface area contributed by atoms with Crippen molar-refractivity contribution in [3.05, 3.63) is 0 Å². The van der Waals surface area contributed by atoms with E-state index in [2.05, 4.69) is 5.32 Å². The Morgan fingerprint density at radius 1 is 1.19 bits per heavy atom. The topological polar surface area (TPSA) is 58.6 Å². The predicted molar refractivity (Wildman–Crippen MR) is 82.9 cm³/mol. The molecule has 0 bridgehead atoms. The molecular weight excluding hydrogens is 268 g/mol. The van der Waals surface area contributed by atoms with Gasteiger partial charge in [-0.25, -0.2) is 0 Å². The van der Waals surface area contributed by atoms with Gasteiger partial charge in [0.25, 0.3) is 0 Å². The van der Waals surface area contributed by atoms with E-state index >= 15 is 0 Å². The SMILES string of the molecule is CCOCC(C)N1C(=O)C(CC)(CC)NC(=O)C1C(C)C. The van der Waals surface area contributed by atoms with E-state index in [0.29, 0.717) is 26.1 Å². The maximum atomic E-state index is 13.0. The molecule has 2 atom stereocenters. The average molecular weight is 298 g/mol.